The van der Waals surface area contributed by atoms with Crippen LogP contribution in [-0.4, -0.2) is 33.8 Å². The number of Topliss-reactive ketones (excluding diaryl/α,β-unsaturated/α-hetero) is 1. The lowest BCUT2D eigenvalue weighted by Crippen LogP contribution is -2.41. The highest BCUT2D eigenvalue weighted by Crippen LogP contribution is 2.38. The zero-order chi connectivity index (χ0) is 19.8. The molecule has 0 fully saturated rings. The van der Waals surface area contributed by atoms with Crippen LogP contribution in [0, 0.1) is 0 Å². The van der Waals surface area contributed by atoms with Crippen molar-refractivity contribution in [3.05, 3.63) is 11.1 Å². The molecule has 0 saturated carbocycles. The van der Waals surface area contributed by atoms with Gasteiger partial charge in [-0.05, 0) is 55.0 Å². The van der Waals surface area contributed by atoms with Gasteiger partial charge in [0, 0.05) is 12.8 Å². The summed E-state index contributed by atoms with van der Waals surface area (Å²) < 4.78 is 11.0. The van der Waals surface area contributed by atoms with Gasteiger partial charge in [-0.2, -0.15) is 0 Å². The van der Waals surface area contributed by atoms with Gasteiger partial charge in [-0.3, -0.25) is 9.59 Å². The third kappa shape index (κ3) is 7.35. The van der Waals surface area contributed by atoms with Crippen molar-refractivity contribution in [3.8, 4) is 0 Å². The first-order valence-electron chi connectivity index (χ1n) is 10.0. The molecule has 5 heteroatoms. The third-order valence-electron chi connectivity index (χ3n) is 5.87. The highest BCUT2D eigenvalue weighted by molar-refractivity contribution is 6.74. The van der Waals surface area contributed by atoms with E-state index >= 15 is 0 Å². The van der Waals surface area contributed by atoms with Crippen LogP contribution in [0.15, 0.2) is 11.1 Å². The second-order valence-corrected chi connectivity index (χ2v) is 13.7. The van der Waals surface area contributed by atoms with Crippen LogP contribution in [0.1, 0.15) is 78.6 Å². The highest BCUT2D eigenvalue weighted by Gasteiger charge is 2.37. The molecule has 4 nitrogen and oxygen atoms in total. The number of esters is 1. The molecule has 1 aliphatic carbocycles. The van der Waals surface area contributed by atoms with Crippen molar-refractivity contribution in [1.29, 1.82) is 0 Å². The van der Waals surface area contributed by atoms with Crippen molar-refractivity contribution in [2.24, 2.45) is 0 Å². The summed E-state index contributed by atoms with van der Waals surface area (Å²) in [4.78, 5) is 23.3. The number of methoxy groups -OCH3 is 1. The number of allylic oxidation sites excluding steroid dienone is 1. The van der Waals surface area contributed by atoms with E-state index in [9.17, 15) is 9.59 Å². The van der Waals surface area contributed by atoms with E-state index < -0.39 is 8.32 Å². The fourth-order valence-electron chi connectivity index (χ4n) is 2.93. The fourth-order valence-corrected chi connectivity index (χ4v) is 3.89. The summed E-state index contributed by atoms with van der Waals surface area (Å²) in [5.74, 6) is 0.197. The molecule has 0 atom stereocenters. The first kappa shape index (κ1) is 23.1. The van der Waals surface area contributed by atoms with Crippen molar-refractivity contribution < 1.29 is 18.8 Å². The maximum atomic E-state index is 12.2. The molecule has 0 amide bonds. The smallest absolute Gasteiger partial charge is 0.305 e. The van der Waals surface area contributed by atoms with Crippen LogP contribution >= 0.6 is 0 Å². The fraction of sp³-hybridized carbons (Fsp3) is 0.810. The van der Waals surface area contributed by atoms with Crippen LogP contribution in [0.5, 0.6) is 0 Å². The van der Waals surface area contributed by atoms with Gasteiger partial charge in [0.25, 0.3) is 0 Å². The monoisotopic (exact) mass is 382 g/mol. The van der Waals surface area contributed by atoms with Gasteiger partial charge in [-0.25, -0.2) is 0 Å². The average Bonchev–Trinajstić information content (AvgIpc) is 2.91. The molecule has 26 heavy (non-hydrogen) atoms. The van der Waals surface area contributed by atoms with Gasteiger partial charge in [-0.1, -0.05) is 40.0 Å². The second-order valence-electron chi connectivity index (χ2n) is 8.90. The molecule has 1 aliphatic rings. The number of rotatable bonds is 11. The number of hydrogen-bond acceptors (Lipinski definition) is 4. The topological polar surface area (TPSA) is 52.6 Å². The summed E-state index contributed by atoms with van der Waals surface area (Å²) in [7, 11) is -0.341. The Hall–Kier alpha value is -0.943. The minimum absolute atomic E-state index is 0.127. The molecule has 0 heterocycles. The van der Waals surface area contributed by atoms with Crippen LogP contribution in [-0.2, 0) is 18.8 Å². The number of ketones is 1. The number of carbonyl (C=O) groups is 2. The van der Waals surface area contributed by atoms with Crippen molar-refractivity contribution in [2.45, 2.75) is 96.7 Å². The number of hydrogen-bond donors (Lipinski definition) is 0. The number of ether oxygens (including phenoxy) is 1. The largest absolute Gasteiger partial charge is 0.469 e. The first-order valence-corrected chi connectivity index (χ1v) is 12.9. The van der Waals surface area contributed by atoms with Crippen LogP contribution in [0.4, 0.5) is 0 Å². The Morgan fingerprint density at radius 2 is 1.65 bits per heavy atom. The summed E-state index contributed by atoms with van der Waals surface area (Å²) in [5, 5.41) is 0.195. The van der Waals surface area contributed by atoms with Gasteiger partial charge in [0.1, 0.15) is 0 Å². The van der Waals surface area contributed by atoms with Crippen molar-refractivity contribution in [3.63, 3.8) is 0 Å². The quantitative estimate of drug-likeness (QED) is 0.266. The van der Waals surface area contributed by atoms with Crippen molar-refractivity contribution in [1.82, 2.24) is 0 Å². The maximum Gasteiger partial charge on any atom is 0.305 e. The SMILES string of the molecule is COC(=O)CCCCCCCC1=C(CO[Si](C)(C)C(C)(C)C)CCC1=O. The van der Waals surface area contributed by atoms with E-state index in [-0.39, 0.29) is 11.0 Å². The molecule has 0 radical (unpaired) electrons. The molecule has 0 N–H and O–H groups in total. The molecule has 1 rings (SSSR count). The molecule has 0 aromatic rings. The summed E-state index contributed by atoms with van der Waals surface area (Å²) >= 11 is 0. The first-order chi connectivity index (χ1) is 12.1. The molecule has 0 bridgehead atoms. The van der Waals surface area contributed by atoms with Gasteiger partial charge < -0.3 is 9.16 Å². The zero-order valence-corrected chi connectivity index (χ0v) is 18.7. The Morgan fingerprint density at radius 3 is 2.27 bits per heavy atom. The van der Waals surface area contributed by atoms with E-state index in [1.807, 2.05) is 0 Å². The van der Waals surface area contributed by atoms with E-state index in [1.54, 1.807) is 0 Å². The minimum Gasteiger partial charge on any atom is -0.469 e. The van der Waals surface area contributed by atoms with Crippen molar-refractivity contribution >= 4 is 20.1 Å². The van der Waals surface area contributed by atoms with Gasteiger partial charge in [-0.15, -0.1) is 0 Å². The van der Waals surface area contributed by atoms with E-state index in [1.165, 1.54) is 12.7 Å². The molecule has 0 unspecified atom stereocenters. The van der Waals surface area contributed by atoms with E-state index in [0.717, 1.165) is 50.5 Å². The Labute approximate surface area is 160 Å². The standard InChI is InChI=1S/C21H38O4Si/c1-21(2,3)26(5,6)25-16-17-14-15-19(22)18(17)12-10-8-7-9-11-13-20(23)24-4/h7-16H2,1-6H3. The molecule has 0 aromatic carbocycles. The van der Waals surface area contributed by atoms with Crippen LogP contribution in [0.25, 0.3) is 0 Å². The third-order valence-corrected chi connectivity index (χ3v) is 10.3. The highest BCUT2D eigenvalue weighted by atomic mass is 28.4. The van der Waals surface area contributed by atoms with Gasteiger partial charge in [0.15, 0.2) is 14.1 Å². The molecule has 0 aliphatic heterocycles. The summed E-state index contributed by atoms with van der Waals surface area (Å²) in [6.07, 6.45) is 8.11. The van der Waals surface area contributed by atoms with Crippen LogP contribution < -0.4 is 0 Å². The minimum atomic E-state index is -1.77. The summed E-state index contributed by atoms with van der Waals surface area (Å²) in [6.45, 7) is 11.9. The lowest BCUT2D eigenvalue weighted by Gasteiger charge is -2.36. The summed E-state index contributed by atoms with van der Waals surface area (Å²) in [5.41, 5.74) is 2.28. The Bertz CT molecular complexity index is 515. The second kappa shape index (κ2) is 10.4. The number of unbranched alkanes of at least 4 members (excludes halogenated alkanes) is 4. The molecule has 0 spiro atoms. The Morgan fingerprint density at radius 1 is 1.04 bits per heavy atom. The predicted molar refractivity (Wildman–Crippen MR) is 109 cm³/mol. The molecule has 0 saturated heterocycles. The molecule has 150 valence electrons. The lowest BCUT2D eigenvalue weighted by molar-refractivity contribution is -0.140. The van der Waals surface area contributed by atoms with Gasteiger partial charge in [0.05, 0.1) is 13.7 Å². The van der Waals surface area contributed by atoms with E-state index in [4.69, 9.17) is 4.43 Å². The molecular formula is C21H38O4Si. The molecular weight excluding hydrogens is 344 g/mol. The van der Waals surface area contributed by atoms with E-state index in [0.29, 0.717) is 25.2 Å². The van der Waals surface area contributed by atoms with Crippen molar-refractivity contribution in [2.75, 3.05) is 13.7 Å². The summed E-state index contributed by atoms with van der Waals surface area (Å²) in [6, 6.07) is 0. The Kier molecular flexibility index (Phi) is 9.24. The van der Waals surface area contributed by atoms with Gasteiger partial charge >= 0.3 is 5.97 Å². The average molecular weight is 383 g/mol. The molecule has 0 aromatic heterocycles. The van der Waals surface area contributed by atoms with Crippen LogP contribution in [0.3, 0.4) is 0 Å². The normalized spacial score (nSPS) is 15.7. The number of carbonyl (C=O) groups excluding carboxylic acids is 2. The predicted octanol–water partition coefficient (Wildman–Crippen LogP) is 5.57. The van der Waals surface area contributed by atoms with E-state index in [2.05, 4.69) is 38.6 Å². The van der Waals surface area contributed by atoms with Gasteiger partial charge in [0.2, 0.25) is 0 Å². The Balaban J connectivity index is 2.39. The lowest BCUT2D eigenvalue weighted by atomic mass is 10.0. The maximum absolute atomic E-state index is 12.2. The van der Waals surface area contributed by atoms with Crippen LogP contribution in [0.2, 0.25) is 18.1 Å². The zero-order valence-electron chi connectivity index (χ0n) is 17.7.